The van der Waals surface area contributed by atoms with Crippen molar-refractivity contribution in [2.75, 3.05) is 13.2 Å². The van der Waals surface area contributed by atoms with Crippen molar-refractivity contribution in [3.8, 4) is 11.5 Å². The van der Waals surface area contributed by atoms with Crippen LogP contribution in [0.3, 0.4) is 0 Å². The standard InChI is InChI=1S/C25H32O12/c26-11-18-21(32)22(33)23(34)24(37-18)35-8-7-25(13-27)6-5-15(10-19(25)30)12-36-20(31)4-2-14-1-3-16(28)17(29)9-14/h1-4,7-9,13,15,18-19,21-24,26,28-30,32-34H,5-6,10-12H2/b4-2+,8-7-/t15-,18+,19-,21+,22-,23+,24+,25+/m0/s1. The van der Waals surface area contributed by atoms with Gasteiger partial charge in [0.15, 0.2) is 11.5 Å². The lowest BCUT2D eigenvalue weighted by atomic mass is 9.69. The van der Waals surface area contributed by atoms with Gasteiger partial charge in [-0.3, -0.25) is 0 Å². The molecule has 3 rings (SSSR count). The van der Waals surface area contributed by atoms with Gasteiger partial charge in [-0.1, -0.05) is 6.07 Å². The third-order valence-corrected chi connectivity index (χ3v) is 6.69. The Morgan fingerprint density at radius 1 is 1.11 bits per heavy atom. The van der Waals surface area contributed by atoms with Gasteiger partial charge in [-0.25, -0.2) is 4.79 Å². The van der Waals surface area contributed by atoms with Gasteiger partial charge in [-0.15, -0.1) is 0 Å². The quantitative estimate of drug-likeness (QED) is 0.0707. The fourth-order valence-corrected chi connectivity index (χ4v) is 4.28. The van der Waals surface area contributed by atoms with Crippen LogP contribution in [0.25, 0.3) is 6.08 Å². The molecule has 0 bridgehead atoms. The third-order valence-electron chi connectivity index (χ3n) is 6.69. The minimum absolute atomic E-state index is 0.0150. The van der Waals surface area contributed by atoms with Crippen molar-refractivity contribution in [2.24, 2.45) is 11.3 Å². The lowest BCUT2D eigenvalue weighted by Gasteiger charge is -2.40. The van der Waals surface area contributed by atoms with Crippen molar-refractivity contribution < 1.29 is 59.5 Å². The number of aldehydes is 1. The molecule has 1 aliphatic heterocycles. The summed E-state index contributed by atoms with van der Waals surface area (Å²) in [6.07, 6.45) is -2.06. The monoisotopic (exact) mass is 524 g/mol. The molecule has 0 aromatic heterocycles. The zero-order chi connectivity index (χ0) is 27.2. The zero-order valence-corrected chi connectivity index (χ0v) is 19.9. The Labute approximate surface area is 212 Å². The average Bonchev–Trinajstić information content (AvgIpc) is 2.89. The van der Waals surface area contributed by atoms with Crippen molar-refractivity contribution >= 4 is 18.3 Å². The summed E-state index contributed by atoms with van der Waals surface area (Å²) in [6, 6.07) is 4.07. The first-order valence-electron chi connectivity index (χ1n) is 11.7. The highest BCUT2D eigenvalue weighted by Crippen LogP contribution is 2.39. The number of benzene rings is 1. The number of carbonyl (C=O) groups is 2. The Morgan fingerprint density at radius 2 is 1.86 bits per heavy atom. The number of ether oxygens (including phenoxy) is 3. The summed E-state index contributed by atoms with van der Waals surface area (Å²) < 4.78 is 15.8. The highest BCUT2D eigenvalue weighted by Gasteiger charge is 2.45. The van der Waals surface area contributed by atoms with E-state index >= 15 is 0 Å². The lowest BCUT2D eigenvalue weighted by Crippen LogP contribution is -2.58. The van der Waals surface area contributed by atoms with E-state index in [1.807, 2.05) is 0 Å². The minimum atomic E-state index is -1.61. The molecule has 1 saturated carbocycles. The molecule has 2 aliphatic rings. The molecule has 1 aromatic rings. The normalized spacial score (nSPS) is 34.5. The van der Waals surface area contributed by atoms with E-state index in [9.17, 15) is 45.3 Å². The van der Waals surface area contributed by atoms with Gasteiger partial charge in [0.2, 0.25) is 6.29 Å². The summed E-state index contributed by atoms with van der Waals surface area (Å²) >= 11 is 0. The van der Waals surface area contributed by atoms with E-state index in [-0.39, 0.29) is 36.9 Å². The van der Waals surface area contributed by atoms with Gasteiger partial charge < -0.3 is 54.8 Å². The van der Waals surface area contributed by atoms with E-state index in [0.29, 0.717) is 18.3 Å². The first kappa shape index (κ1) is 28.6. The molecular weight excluding hydrogens is 492 g/mol. The van der Waals surface area contributed by atoms with E-state index in [1.54, 1.807) is 0 Å². The minimum Gasteiger partial charge on any atom is -0.504 e. The fraction of sp³-hybridized carbons (Fsp3) is 0.520. The van der Waals surface area contributed by atoms with Crippen molar-refractivity contribution in [1.82, 2.24) is 0 Å². The molecule has 1 aliphatic carbocycles. The first-order valence-corrected chi connectivity index (χ1v) is 11.7. The molecule has 204 valence electrons. The maximum Gasteiger partial charge on any atom is 0.330 e. The van der Waals surface area contributed by atoms with Crippen LogP contribution in [0.4, 0.5) is 0 Å². The van der Waals surface area contributed by atoms with Gasteiger partial charge in [0, 0.05) is 6.08 Å². The number of hydrogen-bond acceptors (Lipinski definition) is 12. The molecule has 0 amide bonds. The van der Waals surface area contributed by atoms with Crippen LogP contribution in [0.15, 0.2) is 36.6 Å². The van der Waals surface area contributed by atoms with E-state index in [1.165, 1.54) is 36.4 Å². The Hall–Kier alpha value is -3.00. The van der Waals surface area contributed by atoms with E-state index in [0.717, 1.165) is 6.26 Å². The third kappa shape index (κ3) is 6.86. The lowest BCUT2D eigenvalue weighted by molar-refractivity contribution is -0.288. The summed E-state index contributed by atoms with van der Waals surface area (Å²) in [5.41, 5.74) is -0.816. The smallest absolute Gasteiger partial charge is 0.330 e. The number of carbonyl (C=O) groups excluding carboxylic acids is 2. The summed E-state index contributed by atoms with van der Waals surface area (Å²) in [5.74, 6) is -1.45. The van der Waals surface area contributed by atoms with Crippen molar-refractivity contribution in [3.05, 3.63) is 42.2 Å². The van der Waals surface area contributed by atoms with E-state index in [2.05, 4.69) is 0 Å². The molecule has 2 fully saturated rings. The Balaban J connectivity index is 1.50. The second kappa shape index (κ2) is 12.5. The molecule has 1 heterocycles. The number of aliphatic hydroxyl groups excluding tert-OH is 5. The van der Waals surface area contributed by atoms with Crippen LogP contribution in [0.5, 0.6) is 11.5 Å². The number of hydrogen-bond donors (Lipinski definition) is 7. The molecule has 0 radical (unpaired) electrons. The topological polar surface area (TPSA) is 203 Å². The number of phenols is 2. The zero-order valence-electron chi connectivity index (χ0n) is 19.9. The summed E-state index contributed by atoms with van der Waals surface area (Å²) in [4.78, 5) is 23.9. The van der Waals surface area contributed by atoms with Crippen molar-refractivity contribution in [3.63, 3.8) is 0 Å². The van der Waals surface area contributed by atoms with E-state index in [4.69, 9.17) is 14.2 Å². The second-order valence-corrected chi connectivity index (χ2v) is 9.23. The molecule has 7 N–H and O–H groups in total. The van der Waals surface area contributed by atoms with Crippen LogP contribution < -0.4 is 0 Å². The van der Waals surface area contributed by atoms with Crippen molar-refractivity contribution in [1.29, 1.82) is 0 Å². The van der Waals surface area contributed by atoms with Gasteiger partial charge in [-0.2, -0.15) is 0 Å². The largest absolute Gasteiger partial charge is 0.504 e. The molecule has 37 heavy (non-hydrogen) atoms. The molecule has 1 saturated heterocycles. The first-order chi connectivity index (χ1) is 17.6. The number of aliphatic hydroxyl groups is 5. The predicted molar refractivity (Wildman–Crippen MR) is 126 cm³/mol. The molecule has 0 unspecified atom stereocenters. The number of phenolic OH excluding ortho intramolecular Hbond substituents is 2. The highest BCUT2D eigenvalue weighted by molar-refractivity contribution is 5.87. The second-order valence-electron chi connectivity index (χ2n) is 9.23. The van der Waals surface area contributed by atoms with Crippen LogP contribution in [-0.4, -0.2) is 98.0 Å². The number of esters is 1. The molecule has 12 heteroatoms. The van der Waals surface area contributed by atoms with Gasteiger partial charge in [0.1, 0.15) is 30.7 Å². The number of rotatable bonds is 9. The predicted octanol–water partition coefficient (Wildman–Crippen LogP) is -0.669. The summed E-state index contributed by atoms with van der Waals surface area (Å²) in [6.45, 7) is -0.602. The molecular formula is C25H32O12. The van der Waals surface area contributed by atoms with Crippen molar-refractivity contribution in [2.45, 2.75) is 56.1 Å². The van der Waals surface area contributed by atoms with Crippen LogP contribution in [0.1, 0.15) is 24.8 Å². The highest BCUT2D eigenvalue weighted by atomic mass is 16.7. The van der Waals surface area contributed by atoms with Gasteiger partial charge in [0.25, 0.3) is 0 Å². The Morgan fingerprint density at radius 3 is 2.51 bits per heavy atom. The molecule has 8 atom stereocenters. The summed E-state index contributed by atoms with van der Waals surface area (Å²) in [7, 11) is 0. The van der Waals surface area contributed by atoms with Gasteiger partial charge >= 0.3 is 5.97 Å². The maximum atomic E-state index is 12.0. The van der Waals surface area contributed by atoms with Crippen LogP contribution in [0, 0.1) is 11.3 Å². The van der Waals surface area contributed by atoms with E-state index < -0.39 is 54.8 Å². The van der Waals surface area contributed by atoms with Crippen LogP contribution in [-0.2, 0) is 23.8 Å². The molecule has 12 nitrogen and oxygen atoms in total. The summed E-state index contributed by atoms with van der Waals surface area (Å²) in [5, 5.41) is 68.4. The average molecular weight is 525 g/mol. The van der Waals surface area contributed by atoms with Gasteiger partial charge in [0.05, 0.1) is 31.0 Å². The van der Waals surface area contributed by atoms with Crippen LogP contribution in [0.2, 0.25) is 0 Å². The maximum absolute atomic E-state index is 12.0. The van der Waals surface area contributed by atoms with Gasteiger partial charge in [-0.05, 0) is 55.0 Å². The molecule has 0 spiro atoms. The van der Waals surface area contributed by atoms with Crippen LogP contribution >= 0.6 is 0 Å². The fourth-order valence-electron chi connectivity index (χ4n) is 4.28. The Bertz CT molecular complexity index is 992. The molecule has 1 aromatic carbocycles. The Kier molecular flexibility index (Phi) is 9.65. The number of aromatic hydroxyl groups is 2. The SMILES string of the molecule is O=C[C@]1(/C=C\O[C@@H]2O[C@H](CO)[C@@H](O)[C@H](O)[C@H]2O)CC[C@H](COC(=O)/C=C/c2ccc(O)c(O)c2)C[C@@H]1O.